The first kappa shape index (κ1) is 21.6. The van der Waals surface area contributed by atoms with Crippen molar-refractivity contribution in [3.63, 3.8) is 0 Å². The maximum absolute atomic E-state index is 12.6. The van der Waals surface area contributed by atoms with Crippen LogP contribution in [0, 0.1) is 6.92 Å². The number of aryl methyl sites for hydroxylation is 1. The van der Waals surface area contributed by atoms with E-state index in [4.69, 9.17) is 9.47 Å². The molecule has 1 fully saturated rings. The smallest absolute Gasteiger partial charge is 0.260 e. The van der Waals surface area contributed by atoms with Crippen LogP contribution >= 0.6 is 0 Å². The Labute approximate surface area is 196 Å². The first-order valence-electron chi connectivity index (χ1n) is 11.1. The minimum atomic E-state index is -0.0476. The second-order valence-corrected chi connectivity index (χ2v) is 8.04. The van der Waals surface area contributed by atoms with E-state index in [0.29, 0.717) is 43.1 Å². The summed E-state index contributed by atoms with van der Waals surface area (Å²) in [6, 6.07) is 15.2. The molecule has 2 aromatic carbocycles. The average Bonchev–Trinajstić information content (AvgIpc) is 3.32. The lowest BCUT2D eigenvalue weighted by Gasteiger charge is -2.35. The maximum atomic E-state index is 12.6. The van der Waals surface area contributed by atoms with Gasteiger partial charge in [0.2, 0.25) is 0 Å². The second-order valence-electron chi connectivity index (χ2n) is 8.04. The molecular weight excluding hydrogens is 434 g/mol. The molecular formula is C24H25N7O3. The molecule has 0 aliphatic carbocycles. The van der Waals surface area contributed by atoms with E-state index in [1.165, 1.54) is 11.9 Å². The summed E-state index contributed by atoms with van der Waals surface area (Å²) in [5, 5.41) is 8.67. The number of carbonyl (C=O) groups is 1. The Morgan fingerprint density at radius 3 is 2.35 bits per heavy atom. The van der Waals surface area contributed by atoms with Crippen molar-refractivity contribution in [3.05, 3.63) is 60.4 Å². The number of methoxy groups -OCH3 is 1. The number of fused-ring (bicyclic) bond motifs is 1. The van der Waals surface area contributed by atoms with Gasteiger partial charge in [-0.2, -0.15) is 4.68 Å². The van der Waals surface area contributed by atoms with Crippen LogP contribution in [-0.2, 0) is 4.79 Å². The predicted octanol–water partition coefficient (Wildman–Crippen LogP) is 2.26. The molecule has 0 unspecified atom stereocenters. The van der Waals surface area contributed by atoms with E-state index >= 15 is 0 Å². The fourth-order valence-corrected chi connectivity index (χ4v) is 3.90. The van der Waals surface area contributed by atoms with Crippen LogP contribution in [0.25, 0.3) is 16.9 Å². The van der Waals surface area contributed by atoms with Crippen molar-refractivity contribution in [2.75, 3.05) is 44.8 Å². The third-order valence-electron chi connectivity index (χ3n) is 5.85. The molecule has 2 aromatic heterocycles. The van der Waals surface area contributed by atoms with Crippen LogP contribution in [0.2, 0.25) is 0 Å². The second kappa shape index (κ2) is 9.34. The van der Waals surface area contributed by atoms with Crippen LogP contribution in [0.4, 0.5) is 5.82 Å². The molecule has 5 rings (SSSR count). The van der Waals surface area contributed by atoms with Gasteiger partial charge in [0.05, 0.1) is 12.8 Å². The first-order valence-corrected chi connectivity index (χ1v) is 11.1. The zero-order chi connectivity index (χ0) is 23.5. The van der Waals surface area contributed by atoms with Gasteiger partial charge >= 0.3 is 0 Å². The van der Waals surface area contributed by atoms with Gasteiger partial charge in [0.25, 0.3) is 5.91 Å². The van der Waals surface area contributed by atoms with Gasteiger partial charge in [-0.1, -0.05) is 22.9 Å². The summed E-state index contributed by atoms with van der Waals surface area (Å²) < 4.78 is 12.5. The van der Waals surface area contributed by atoms with Crippen LogP contribution in [0.15, 0.2) is 54.9 Å². The van der Waals surface area contributed by atoms with E-state index in [1.54, 1.807) is 36.1 Å². The van der Waals surface area contributed by atoms with Crippen molar-refractivity contribution < 1.29 is 14.3 Å². The number of ether oxygens (including phenoxy) is 2. The van der Waals surface area contributed by atoms with Crippen molar-refractivity contribution in [1.82, 2.24) is 29.9 Å². The highest BCUT2D eigenvalue weighted by Gasteiger charge is 2.25. The van der Waals surface area contributed by atoms with Gasteiger partial charge in [-0.05, 0) is 43.3 Å². The lowest BCUT2D eigenvalue weighted by molar-refractivity contribution is -0.133. The van der Waals surface area contributed by atoms with E-state index in [0.717, 1.165) is 17.3 Å². The van der Waals surface area contributed by atoms with Crippen molar-refractivity contribution >= 4 is 22.9 Å². The number of piperazine rings is 1. The molecule has 1 saturated heterocycles. The molecule has 4 aromatic rings. The number of aromatic nitrogens is 5. The third kappa shape index (κ3) is 4.34. The molecule has 0 radical (unpaired) electrons. The fraction of sp³-hybridized carbons (Fsp3) is 0.292. The van der Waals surface area contributed by atoms with Gasteiger partial charge in [0.1, 0.15) is 17.8 Å². The highest BCUT2D eigenvalue weighted by Crippen LogP contribution is 2.24. The van der Waals surface area contributed by atoms with Crippen molar-refractivity contribution in [1.29, 1.82) is 0 Å². The minimum absolute atomic E-state index is 0.00500. The summed E-state index contributed by atoms with van der Waals surface area (Å²) in [6.07, 6.45) is 1.53. The largest absolute Gasteiger partial charge is 0.497 e. The summed E-state index contributed by atoms with van der Waals surface area (Å²) in [5.41, 5.74) is 3.36. The summed E-state index contributed by atoms with van der Waals surface area (Å²) in [5.74, 6) is 2.05. The van der Waals surface area contributed by atoms with Gasteiger partial charge in [0, 0.05) is 26.2 Å². The summed E-state index contributed by atoms with van der Waals surface area (Å²) in [7, 11) is 1.61. The van der Waals surface area contributed by atoms with Crippen LogP contribution in [0.5, 0.6) is 11.5 Å². The molecule has 1 amide bonds. The third-order valence-corrected chi connectivity index (χ3v) is 5.85. The van der Waals surface area contributed by atoms with Crippen LogP contribution in [0.3, 0.4) is 0 Å². The highest BCUT2D eigenvalue weighted by molar-refractivity contribution is 5.84. The molecule has 0 saturated carbocycles. The van der Waals surface area contributed by atoms with Crippen molar-refractivity contribution in [2.45, 2.75) is 6.92 Å². The monoisotopic (exact) mass is 459 g/mol. The van der Waals surface area contributed by atoms with Gasteiger partial charge in [-0.15, -0.1) is 5.10 Å². The molecule has 1 aliphatic heterocycles. The lowest BCUT2D eigenvalue weighted by Crippen LogP contribution is -2.50. The number of carbonyl (C=O) groups excluding carboxylic acids is 1. The molecule has 10 nitrogen and oxygen atoms in total. The Bertz CT molecular complexity index is 1280. The first-order chi connectivity index (χ1) is 16.6. The minimum Gasteiger partial charge on any atom is -0.497 e. The number of anilines is 1. The van der Waals surface area contributed by atoms with E-state index < -0.39 is 0 Å². The van der Waals surface area contributed by atoms with E-state index in [2.05, 4.69) is 25.2 Å². The Kier molecular flexibility index (Phi) is 5.94. The standard InChI is InChI=1S/C24H25N7O3/c1-17-3-5-18(6-4-17)31-24-22(27-28-31)23(25-16-26-24)30-13-11-29(12-14-30)21(32)15-34-20-9-7-19(33-2)8-10-20/h3-10,16H,11-15H2,1-2H3. The molecule has 3 heterocycles. The Morgan fingerprint density at radius 2 is 1.65 bits per heavy atom. The Morgan fingerprint density at radius 1 is 0.941 bits per heavy atom. The number of nitrogens with zero attached hydrogens (tertiary/aromatic N) is 7. The lowest BCUT2D eigenvalue weighted by atomic mass is 10.2. The molecule has 34 heavy (non-hydrogen) atoms. The number of benzene rings is 2. The van der Waals surface area contributed by atoms with E-state index in [-0.39, 0.29) is 12.5 Å². The van der Waals surface area contributed by atoms with Crippen molar-refractivity contribution in [3.8, 4) is 17.2 Å². The molecule has 0 atom stereocenters. The number of amides is 1. The van der Waals surface area contributed by atoms with Gasteiger partial charge in [-0.25, -0.2) is 9.97 Å². The zero-order valence-electron chi connectivity index (χ0n) is 19.1. The SMILES string of the molecule is COc1ccc(OCC(=O)N2CCN(c3ncnc4c3nnn4-c3ccc(C)cc3)CC2)cc1. The Balaban J connectivity index is 1.23. The number of rotatable bonds is 6. The Hall–Kier alpha value is -4.21. The number of hydrogen-bond acceptors (Lipinski definition) is 8. The predicted molar refractivity (Wildman–Crippen MR) is 126 cm³/mol. The van der Waals surface area contributed by atoms with E-state index in [9.17, 15) is 4.79 Å². The maximum Gasteiger partial charge on any atom is 0.260 e. The summed E-state index contributed by atoms with van der Waals surface area (Å²) in [6.45, 7) is 4.45. The summed E-state index contributed by atoms with van der Waals surface area (Å²) >= 11 is 0. The molecule has 0 N–H and O–H groups in total. The van der Waals surface area contributed by atoms with Gasteiger partial charge in [-0.3, -0.25) is 4.79 Å². The van der Waals surface area contributed by atoms with Crippen LogP contribution in [0.1, 0.15) is 5.56 Å². The van der Waals surface area contributed by atoms with Crippen molar-refractivity contribution in [2.24, 2.45) is 0 Å². The summed E-state index contributed by atoms with van der Waals surface area (Å²) in [4.78, 5) is 25.5. The van der Waals surface area contributed by atoms with Crippen LogP contribution in [-0.4, -0.2) is 75.7 Å². The zero-order valence-corrected chi connectivity index (χ0v) is 19.1. The molecule has 10 heteroatoms. The van der Waals surface area contributed by atoms with Crippen LogP contribution < -0.4 is 14.4 Å². The topological polar surface area (TPSA) is 98.5 Å². The van der Waals surface area contributed by atoms with Gasteiger partial charge in [0.15, 0.2) is 23.6 Å². The number of hydrogen-bond donors (Lipinski definition) is 0. The molecule has 0 bridgehead atoms. The molecule has 0 spiro atoms. The molecule has 1 aliphatic rings. The fourth-order valence-electron chi connectivity index (χ4n) is 3.90. The highest BCUT2D eigenvalue weighted by atomic mass is 16.5. The van der Waals surface area contributed by atoms with Gasteiger partial charge < -0.3 is 19.3 Å². The van der Waals surface area contributed by atoms with E-state index in [1.807, 2.05) is 36.1 Å². The normalized spacial score (nSPS) is 13.8. The average molecular weight is 460 g/mol. The quantitative estimate of drug-likeness (QED) is 0.433. The molecule has 174 valence electrons.